The first-order valence-electron chi connectivity index (χ1n) is 5.19. The fraction of sp³-hybridized carbons (Fsp3) is 0.333. The van der Waals surface area contributed by atoms with E-state index in [-0.39, 0.29) is 5.91 Å². The minimum Gasteiger partial charge on any atom is -0.497 e. The van der Waals surface area contributed by atoms with Crippen LogP contribution in [0.3, 0.4) is 0 Å². The summed E-state index contributed by atoms with van der Waals surface area (Å²) in [6.45, 7) is 3.23. The zero-order valence-electron chi connectivity index (χ0n) is 9.43. The maximum atomic E-state index is 12.1. The Morgan fingerprint density at radius 3 is 2.56 bits per heavy atom. The molecule has 1 aromatic carbocycles. The summed E-state index contributed by atoms with van der Waals surface area (Å²) in [5.74, 6) is 1.55. The standard InChI is InChI=1S/C12H14N2O2/c1-9-13-7-8-14(9)12(15)10-3-5-11(16-2)6-4-10/h3-6H,7-8H2,1-2H3. The number of carbonyl (C=O) groups is 1. The number of benzene rings is 1. The van der Waals surface area contributed by atoms with Gasteiger partial charge in [0, 0.05) is 12.1 Å². The van der Waals surface area contributed by atoms with Crippen LogP contribution in [0.25, 0.3) is 0 Å². The molecule has 0 atom stereocenters. The van der Waals surface area contributed by atoms with E-state index in [1.165, 1.54) is 0 Å². The van der Waals surface area contributed by atoms with Gasteiger partial charge in [0.1, 0.15) is 11.6 Å². The van der Waals surface area contributed by atoms with Gasteiger partial charge in [0.05, 0.1) is 13.7 Å². The number of aliphatic imine (C=N–C) groups is 1. The van der Waals surface area contributed by atoms with E-state index < -0.39 is 0 Å². The molecule has 0 spiro atoms. The minimum absolute atomic E-state index is 0.00130. The zero-order valence-corrected chi connectivity index (χ0v) is 9.43. The molecule has 0 bridgehead atoms. The normalized spacial score (nSPS) is 14.9. The van der Waals surface area contributed by atoms with Crippen LogP contribution in [0.15, 0.2) is 29.3 Å². The average Bonchev–Trinajstić information content (AvgIpc) is 2.75. The Balaban J connectivity index is 2.17. The molecule has 0 N–H and O–H groups in total. The van der Waals surface area contributed by atoms with Gasteiger partial charge in [-0.3, -0.25) is 14.7 Å². The first-order valence-corrected chi connectivity index (χ1v) is 5.19. The highest BCUT2D eigenvalue weighted by Crippen LogP contribution is 2.14. The van der Waals surface area contributed by atoms with Crippen molar-refractivity contribution in [2.75, 3.05) is 20.2 Å². The van der Waals surface area contributed by atoms with E-state index in [9.17, 15) is 4.79 Å². The predicted molar refractivity (Wildman–Crippen MR) is 62.0 cm³/mol. The SMILES string of the molecule is COc1ccc(C(=O)N2CCN=C2C)cc1. The second kappa shape index (κ2) is 4.35. The highest BCUT2D eigenvalue weighted by molar-refractivity contribution is 6.06. The second-order valence-electron chi connectivity index (χ2n) is 3.61. The first kappa shape index (κ1) is 10.7. The number of carbonyl (C=O) groups excluding carboxylic acids is 1. The van der Waals surface area contributed by atoms with Crippen LogP contribution in [0.5, 0.6) is 5.75 Å². The van der Waals surface area contributed by atoms with Crippen LogP contribution < -0.4 is 4.74 Å². The lowest BCUT2D eigenvalue weighted by Gasteiger charge is -2.15. The minimum atomic E-state index is 0.00130. The summed E-state index contributed by atoms with van der Waals surface area (Å²) in [4.78, 5) is 18.0. The van der Waals surface area contributed by atoms with E-state index in [2.05, 4.69) is 4.99 Å². The summed E-state index contributed by atoms with van der Waals surface area (Å²) in [7, 11) is 1.61. The molecule has 84 valence electrons. The van der Waals surface area contributed by atoms with Gasteiger partial charge in [-0.25, -0.2) is 0 Å². The van der Waals surface area contributed by atoms with Crippen molar-refractivity contribution in [1.29, 1.82) is 0 Å². The molecule has 2 rings (SSSR count). The van der Waals surface area contributed by atoms with Gasteiger partial charge in [-0.1, -0.05) is 0 Å². The van der Waals surface area contributed by atoms with Crippen LogP contribution in [0.2, 0.25) is 0 Å². The maximum absolute atomic E-state index is 12.1. The Hall–Kier alpha value is -1.84. The van der Waals surface area contributed by atoms with Crippen molar-refractivity contribution in [3.63, 3.8) is 0 Å². The van der Waals surface area contributed by atoms with E-state index in [0.29, 0.717) is 18.7 Å². The second-order valence-corrected chi connectivity index (χ2v) is 3.61. The molecule has 16 heavy (non-hydrogen) atoms. The molecule has 0 unspecified atom stereocenters. The molecule has 4 heteroatoms. The molecule has 0 saturated carbocycles. The van der Waals surface area contributed by atoms with E-state index in [1.54, 1.807) is 36.3 Å². The number of amides is 1. The number of hydrogen-bond donors (Lipinski definition) is 0. The van der Waals surface area contributed by atoms with Crippen LogP contribution in [-0.2, 0) is 0 Å². The first-order chi connectivity index (χ1) is 7.72. The number of methoxy groups -OCH3 is 1. The number of nitrogens with zero attached hydrogens (tertiary/aromatic N) is 2. The number of hydrogen-bond acceptors (Lipinski definition) is 3. The Bertz CT molecular complexity index is 423. The highest BCUT2D eigenvalue weighted by Gasteiger charge is 2.21. The molecular weight excluding hydrogens is 204 g/mol. The number of rotatable bonds is 2. The molecular formula is C12H14N2O2. The summed E-state index contributed by atoms with van der Waals surface area (Å²) < 4.78 is 5.05. The van der Waals surface area contributed by atoms with Gasteiger partial charge < -0.3 is 4.74 Å². The van der Waals surface area contributed by atoms with Gasteiger partial charge in [0.2, 0.25) is 0 Å². The van der Waals surface area contributed by atoms with Crippen LogP contribution in [0.4, 0.5) is 0 Å². The molecule has 4 nitrogen and oxygen atoms in total. The quantitative estimate of drug-likeness (QED) is 0.756. The fourth-order valence-electron chi connectivity index (χ4n) is 1.70. The third-order valence-corrected chi connectivity index (χ3v) is 2.64. The summed E-state index contributed by atoms with van der Waals surface area (Å²) in [5.41, 5.74) is 0.664. The predicted octanol–water partition coefficient (Wildman–Crippen LogP) is 1.57. The molecule has 0 fully saturated rings. The molecule has 1 heterocycles. The van der Waals surface area contributed by atoms with Crippen molar-refractivity contribution in [1.82, 2.24) is 4.90 Å². The van der Waals surface area contributed by atoms with E-state index in [1.807, 2.05) is 6.92 Å². The molecule has 0 saturated heterocycles. The third kappa shape index (κ3) is 1.91. The molecule has 0 aromatic heterocycles. The monoisotopic (exact) mass is 218 g/mol. The third-order valence-electron chi connectivity index (χ3n) is 2.64. The number of ether oxygens (including phenoxy) is 1. The zero-order chi connectivity index (χ0) is 11.5. The topological polar surface area (TPSA) is 41.9 Å². The molecule has 1 aromatic rings. The van der Waals surface area contributed by atoms with Crippen LogP contribution in [0.1, 0.15) is 17.3 Å². The maximum Gasteiger partial charge on any atom is 0.259 e. The van der Waals surface area contributed by atoms with Crippen molar-refractivity contribution < 1.29 is 9.53 Å². The van der Waals surface area contributed by atoms with Gasteiger partial charge in [-0.2, -0.15) is 0 Å². The van der Waals surface area contributed by atoms with Crippen LogP contribution in [-0.4, -0.2) is 36.8 Å². The Morgan fingerprint density at radius 2 is 2.06 bits per heavy atom. The summed E-state index contributed by atoms with van der Waals surface area (Å²) in [5, 5.41) is 0. The largest absolute Gasteiger partial charge is 0.497 e. The van der Waals surface area contributed by atoms with Crippen molar-refractivity contribution in [2.45, 2.75) is 6.92 Å². The number of amidine groups is 1. The Morgan fingerprint density at radius 1 is 1.38 bits per heavy atom. The molecule has 1 aliphatic heterocycles. The average molecular weight is 218 g/mol. The molecule has 0 radical (unpaired) electrons. The lowest BCUT2D eigenvalue weighted by molar-refractivity contribution is 0.0857. The van der Waals surface area contributed by atoms with Crippen LogP contribution in [0, 0.1) is 0 Å². The van der Waals surface area contributed by atoms with Crippen molar-refractivity contribution in [3.8, 4) is 5.75 Å². The Kier molecular flexibility index (Phi) is 2.90. The summed E-state index contributed by atoms with van der Waals surface area (Å²) in [6.07, 6.45) is 0. The van der Waals surface area contributed by atoms with Crippen molar-refractivity contribution in [3.05, 3.63) is 29.8 Å². The molecule has 1 amide bonds. The Labute approximate surface area is 94.5 Å². The highest BCUT2D eigenvalue weighted by atomic mass is 16.5. The van der Waals surface area contributed by atoms with Crippen LogP contribution >= 0.6 is 0 Å². The van der Waals surface area contributed by atoms with Gasteiger partial charge in [0.25, 0.3) is 5.91 Å². The van der Waals surface area contributed by atoms with Gasteiger partial charge >= 0.3 is 0 Å². The van der Waals surface area contributed by atoms with Gasteiger partial charge in [-0.05, 0) is 31.2 Å². The van der Waals surface area contributed by atoms with Crippen molar-refractivity contribution >= 4 is 11.7 Å². The lowest BCUT2D eigenvalue weighted by Crippen LogP contribution is -2.32. The van der Waals surface area contributed by atoms with Gasteiger partial charge in [-0.15, -0.1) is 0 Å². The van der Waals surface area contributed by atoms with E-state index in [4.69, 9.17) is 4.74 Å². The molecule has 0 aliphatic carbocycles. The summed E-state index contributed by atoms with van der Waals surface area (Å²) in [6, 6.07) is 7.12. The molecule has 1 aliphatic rings. The van der Waals surface area contributed by atoms with Crippen molar-refractivity contribution in [2.24, 2.45) is 4.99 Å². The lowest BCUT2D eigenvalue weighted by atomic mass is 10.2. The van der Waals surface area contributed by atoms with E-state index >= 15 is 0 Å². The summed E-state index contributed by atoms with van der Waals surface area (Å²) >= 11 is 0. The van der Waals surface area contributed by atoms with E-state index in [0.717, 1.165) is 11.6 Å². The van der Waals surface area contributed by atoms with Gasteiger partial charge in [0.15, 0.2) is 0 Å². The fourth-order valence-corrected chi connectivity index (χ4v) is 1.70. The smallest absolute Gasteiger partial charge is 0.259 e.